The highest BCUT2D eigenvalue weighted by Gasteiger charge is 1.99. The molecule has 0 atom stereocenters. The molecule has 0 aliphatic carbocycles. The highest BCUT2D eigenvalue weighted by Crippen LogP contribution is 2.04. The third kappa shape index (κ3) is 3.46. The molecule has 1 heterocycles. The number of rotatable bonds is 3. The molecule has 0 bridgehead atoms. The van der Waals surface area contributed by atoms with E-state index in [0.717, 1.165) is 11.4 Å². The van der Waals surface area contributed by atoms with E-state index < -0.39 is 0 Å². The number of thiocarbonyl (C=S) groups is 1. The topological polar surface area (TPSA) is 72.7 Å². The monoisotopic (exact) mass is 248 g/mol. The van der Waals surface area contributed by atoms with Gasteiger partial charge in [-0.1, -0.05) is 18.2 Å². The third-order valence-corrected chi connectivity index (χ3v) is 2.37. The van der Waals surface area contributed by atoms with Crippen LogP contribution in [0.5, 0.6) is 0 Å². The number of hydrogen-bond acceptors (Lipinski definition) is 2. The normalized spacial score (nSPS) is 9.88. The van der Waals surface area contributed by atoms with Crippen LogP contribution in [0.2, 0.25) is 0 Å². The summed E-state index contributed by atoms with van der Waals surface area (Å²) in [7, 11) is 0. The minimum absolute atomic E-state index is 0.149. The van der Waals surface area contributed by atoms with Gasteiger partial charge in [-0.15, -0.1) is 0 Å². The second-order valence-electron chi connectivity index (χ2n) is 3.46. The SMILES string of the molecule is O=c1cc(CNC(=S)Nc2ccccc2)[nH][nH]1. The Morgan fingerprint density at radius 1 is 1.24 bits per heavy atom. The zero-order chi connectivity index (χ0) is 12.1. The number of hydrogen-bond donors (Lipinski definition) is 4. The van der Waals surface area contributed by atoms with Gasteiger partial charge in [0.05, 0.1) is 12.2 Å². The molecule has 4 N–H and O–H groups in total. The van der Waals surface area contributed by atoms with Crippen molar-refractivity contribution < 1.29 is 0 Å². The van der Waals surface area contributed by atoms with E-state index in [2.05, 4.69) is 20.8 Å². The van der Waals surface area contributed by atoms with E-state index in [4.69, 9.17) is 12.2 Å². The summed E-state index contributed by atoms with van der Waals surface area (Å²) in [6.07, 6.45) is 0. The number of H-pyrrole nitrogens is 2. The van der Waals surface area contributed by atoms with Gasteiger partial charge in [0.2, 0.25) is 0 Å². The highest BCUT2D eigenvalue weighted by atomic mass is 32.1. The Balaban J connectivity index is 1.84. The quantitative estimate of drug-likeness (QED) is 0.616. The molecule has 0 radical (unpaired) electrons. The van der Waals surface area contributed by atoms with Crippen LogP contribution < -0.4 is 16.2 Å². The number of nitrogens with one attached hydrogen (secondary N) is 4. The van der Waals surface area contributed by atoms with Gasteiger partial charge in [-0.25, -0.2) is 0 Å². The number of benzene rings is 1. The lowest BCUT2D eigenvalue weighted by molar-refractivity contribution is 0.863. The van der Waals surface area contributed by atoms with Crippen molar-refractivity contribution in [3.63, 3.8) is 0 Å². The standard InChI is InChI=1S/C11H12N4OS/c16-10-6-9(14-15-10)7-12-11(17)13-8-4-2-1-3-5-8/h1-6H,7H2,(H2,12,13,17)(H2,14,15,16). The molecule has 0 unspecified atom stereocenters. The van der Waals surface area contributed by atoms with E-state index >= 15 is 0 Å². The molecule has 6 heteroatoms. The molecular formula is C11H12N4OS. The fourth-order valence-corrected chi connectivity index (χ4v) is 1.53. The average Bonchev–Trinajstić information content (AvgIpc) is 2.74. The van der Waals surface area contributed by atoms with Crippen molar-refractivity contribution in [2.24, 2.45) is 0 Å². The van der Waals surface area contributed by atoms with E-state index in [9.17, 15) is 4.79 Å². The van der Waals surface area contributed by atoms with Crippen LogP contribution in [0, 0.1) is 0 Å². The minimum atomic E-state index is -0.149. The molecule has 0 aliphatic heterocycles. The van der Waals surface area contributed by atoms with E-state index in [1.54, 1.807) is 0 Å². The molecule has 1 aromatic carbocycles. The summed E-state index contributed by atoms with van der Waals surface area (Å²) < 4.78 is 0. The van der Waals surface area contributed by atoms with Gasteiger partial charge >= 0.3 is 0 Å². The molecule has 0 fully saturated rings. The van der Waals surface area contributed by atoms with Gasteiger partial charge < -0.3 is 15.7 Å². The number of aromatic amines is 2. The highest BCUT2D eigenvalue weighted by molar-refractivity contribution is 7.80. The van der Waals surface area contributed by atoms with Crippen molar-refractivity contribution in [1.29, 1.82) is 0 Å². The van der Waals surface area contributed by atoms with Crippen molar-refractivity contribution in [3.05, 3.63) is 52.4 Å². The maximum Gasteiger partial charge on any atom is 0.264 e. The Kier molecular flexibility index (Phi) is 3.56. The number of anilines is 1. The smallest absolute Gasteiger partial charge is 0.264 e. The molecule has 1 aromatic heterocycles. The van der Waals surface area contributed by atoms with E-state index in [1.807, 2.05) is 30.3 Å². The first-order chi connectivity index (χ1) is 8.24. The molecule has 0 saturated heterocycles. The molecular weight excluding hydrogens is 236 g/mol. The van der Waals surface area contributed by atoms with Crippen LogP contribution in [0.25, 0.3) is 0 Å². The maximum absolute atomic E-state index is 10.9. The summed E-state index contributed by atoms with van der Waals surface area (Å²) in [6, 6.07) is 11.1. The summed E-state index contributed by atoms with van der Waals surface area (Å²) in [5.74, 6) is 0. The van der Waals surface area contributed by atoms with Gasteiger partial charge in [-0.3, -0.25) is 9.89 Å². The Bertz CT molecular complexity index is 546. The Morgan fingerprint density at radius 2 is 2.00 bits per heavy atom. The molecule has 0 aliphatic rings. The molecule has 2 aromatic rings. The second-order valence-corrected chi connectivity index (χ2v) is 3.87. The summed E-state index contributed by atoms with van der Waals surface area (Å²) >= 11 is 5.12. The fourth-order valence-electron chi connectivity index (χ4n) is 1.34. The second kappa shape index (κ2) is 5.31. The lowest BCUT2D eigenvalue weighted by Gasteiger charge is -2.09. The molecule has 88 valence electrons. The van der Waals surface area contributed by atoms with Crippen molar-refractivity contribution in [3.8, 4) is 0 Å². The lowest BCUT2D eigenvalue weighted by Crippen LogP contribution is -2.28. The van der Waals surface area contributed by atoms with Gasteiger partial charge in [0.1, 0.15) is 0 Å². The molecule has 2 rings (SSSR count). The van der Waals surface area contributed by atoms with Crippen molar-refractivity contribution in [2.75, 3.05) is 5.32 Å². The largest absolute Gasteiger partial charge is 0.357 e. The lowest BCUT2D eigenvalue weighted by atomic mass is 10.3. The summed E-state index contributed by atoms with van der Waals surface area (Å²) in [5, 5.41) is 11.7. The van der Waals surface area contributed by atoms with E-state index in [1.165, 1.54) is 6.07 Å². The average molecular weight is 248 g/mol. The molecule has 0 spiro atoms. The van der Waals surface area contributed by atoms with Crippen molar-refractivity contribution in [1.82, 2.24) is 15.5 Å². The zero-order valence-electron chi connectivity index (χ0n) is 8.99. The van der Waals surface area contributed by atoms with E-state index in [-0.39, 0.29) is 5.56 Å². The first-order valence-electron chi connectivity index (χ1n) is 5.10. The fraction of sp³-hybridized carbons (Fsp3) is 0.0909. The Labute approximate surface area is 103 Å². The number of para-hydroxylation sites is 1. The first-order valence-corrected chi connectivity index (χ1v) is 5.51. The zero-order valence-corrected chi connectivity index (χ0v) is 9.80. The van der Waals surface area contributed by atoms with Crippen LogP contribution in [0.4, 0.5) is 5.69 Å². The van der Waals surface area contributed by atoms with E-state index in [0.29, 0.717) is 11.7 Å². The van der Waals surface area contributed by atoms with Crippen molar-refractivity contribution in [2.45, 2.75) is 6.54 Å². The summed E-state index contributed by atoms with van der Waals surface area (Å²) in [5.41, 5.74) is 1.53. The van der Waals surface area contributed by atoms with Crippen LogP contribution in [0.15, 0.2) is 41.2 Å². The summed E-state index contributed by atoms with van der Waals surface area (Å²) in [4.78, 5) is 10.9. The van der Waals surface area contributed by atoms with Crippen LogP contribution in [-0.2, 0) is 6.54 Å². The minimum Gasteiger partial charge on any atom is -0.357 e. The predicted octanol–water partition coefficient (Wildman–Crippen LogP) is 1.19. The Hall–Kier alpha value is -2.08. The molecule has 0 amide bonds. The van der Waals surface area contributed by atoms with Gasteiger partial charge in [0, 0.05) is 11.8 Å². The maximum atomic E-state index is 10.9. The van der Waals surface area contributed by atoms with Crippen molar-refractivity contribution >= 4 is 23.0 Å². The summed E-state index contributed by atoms with van der Waals surface area (Å²) in [6.45, 7) is 0.470. The van der Waals surface area contributed by atoms with Crippen LogP contribution in [-0.4, -0.2) is 15.3 Å². The van der Waals surface area contributed by atoms with Gasteiger partial charge in [0.25, 0.3) is 5.56 Å². The van der Waals surface area contributed by atoms with Crippen LogP contribution in [0.1, 0.15) is 5.69 Å². The third-order valence-electron chi connectivity index (χ3n) is 2.12. The molecule has 0 saturated carbocycles. The van der Waals surface area contributed by atoms with Gasteiger partial charge in [0.15, 0.2) is 5.11 Å². The molecule has 5 nitrogen and oxygen atoms in total. The Morgan fingerprint density at radius 3 is 2.65 bits per heavy atom. The van der Waals surface area contributed by atoms with Crippen LogP contribution >= 0.6 is 12.2 Å². The predicted molar refractivity (Wildman–Crippen MR) is 70.9 cm³/mol. The molecule has 17 heavy (non-hydrogen) atoms. The van der Waals surface area contributed by atoms with Crippen LogP contribution in [0.3, 0.4) is 0 Å². The first kappa shape index (κ1) is 11.4. The number of aromatic nitrogens is 2. The van der Waals surface area contributed by atoms with Gasteiger partial charge in [-0.05, 0) is 24.4 Å². The van der Waals surface area contributed by atoms with Gasteiger partial charge in [-0.2, -0.15) is 0 Å².